The summed E-state index contributed by atoms with van der Waals surface area (Å²) in [6, 6.07) is 1.98. The van der Waals surface area contributed by atoms with Gasteiger partial charge in [0.15, 0.2) is 0 Å². The lowest BCUT2D eigenvalue weighted by Crippen LogP contribution is -2.61. The fourth-order valence-corrected chi connectivity index (χ4v) is 5.82. The molecule has 0 radical (unpaired) electrons. The number of unbranched alkanes of at least 4 members (excludes halogenated alkanes) is 1. The number of thioether (sulfide) groups is 1. The van der Waals surface area contributed by atoms with Gasteiger partial charge in [0.05, 0.1) is 12.5 Å². The summed E-state index contributed by atoms with van der Waals surface area (Å²) in [6.45, 7) is 7.81. The normalized spacial score (nSPS) is 15.1. The van der Waals surface area contributed by atoms with Gasteiger partial charge in [-0.3, -0.25) is 28.8 Å². The van der Waals surface area contributed by atoms with Crippen molar-refractivity contribution in [3.63, 3.8) is 0 Å². The number of hydrogen-bond donors (Lipinski definition) is 9. The lowest BCUT2D eigenvalue weighted by Gasteiger charge is -2.29. The molecule has 1 aromatic carbocycles. The van der Waals surface area contributed by atoms with Gasteiger partial charge in [0.2, 0.25) is 35.4 Å². The number of benzene rings is 1. The van der Waals surface area contributed by atoms with E-state index in [0.717, 1.165) is 5.56 Å². The van der Waals surface area contributed by atoms with Gasteiger partial charge in [-0.2, -0.15) is 11.8 Å². The van der Waals surface area contributed by atoms with Gasteiger partial charge >= 0.3 is 5.97 Å². The van der Waals surface area contributed by atoms with Crippen molar-refractivity contribution in [3.05, 3.63) is 35.9 Å². The molecule has 0 saturated heterocycles. The third-order valence-electron chi connectivity index (χ3n) is 8.62. The number of carboxylic acid groups (broad SMARTS) is 1. The molecule has 0 saturated carbocycles. The quantitative estimate of drug-likeness (QED) is 0.0563. The van der Waals surface area contributed by atoms with Gasteiger partial charge in [0.1, 0.15) is 30.2 Å². The van der Waals surface area contributed by atoms with Crippen LogP contribution in [0, 0.1) is 11.8 Å². The maximum absolute atomic E-state index is 14.0. The molecule has 0 aliphatic heterocycles. The summed E-state index contributed by atoms with van der Waals surface area (Å²) in [5, 5.41) is 22.7. The fourth-order valence-electron chi connectivity index (χ4n) is 5.35. The van der Waals surface area contributed by atoms with Crippen molar-refractivity contribution in [2.75, 3.05) is 18.6 Å². The standard InChI is InChI=1S/C36H60N8O8S/c1-6-22(4)30(35(50)40-25(15-17-53-5)32(47)43-28(36(51)52)20-29(39)45)44-34(49)27(19-23-12-8-7-9-13-23)42-33(48)26(18-21(2)3)41-31(46)24(38)14-10-11-16-37/h7-9,12-13,21-22,24-28,30H,6,10-11,14-20,37-38H2,1-5H3,(H2,39,45)(H,40,50)(H,41,46)(H,42,48)(H,43,47)(H,44,49)(H,51,52)/t22-,24-,25-,26-,27-,28-,30-/m0/s1. The molecule has 1 aromatic rings. The third-order valence-corrected chi connectivity index (χ3v) is 9.26. The number of nitrogens with two attached hydrogens (primary N) is 3. The number of primary amides is 1. The van der Waals surface area contributed by atoms with Crippen LogP contribution >= 0.6 is 11.8 Å². The van der Waals surface area contributed by atoms with Crippen LogP contribution in [0.4, 0.5) is 0 Å². The third kappa shape index (κ3) is 17.9. The molecule has 0 heterocycles. The minimum atomic E-state index is -1.60. The molecule has 0 spiro atoms. The monoisotopic (exact) mass is 764 g/mol. The topological polar surface area (TPSA) is 278 Å². The number of carbonyl (C=O) groups excluding carboxylic acids is 6. The lowest BCUT2D eigenvalue weighted by molar-refractivity contribution is -0.143. The zero-order valence-corrected chi connectivity index (χ0v) is 32.3. The summed E-state index contributed by atoms with van der Waals surface area (Å²) in [7, 11) is 0. The molecule has 16 nitrogen and oxygen atoms in total. The van der Waals surface area contributed by atoms with Crippen molar-refractivity contribution in [3.8, 4) is 0 Å². The van der Waals surface area contributed by atoms with Crippen LogP contribution in [0.3, 0.4) is 0 Å². The second-order valence-electron chi connectivity index (χ2n) is 13.6. The molecule has 0 unspecified atom stereocenters. The van der Waals surface area contributed by atoms with Crippen LogP contribution in [0.1, 0.15) is 78.2 Å². The number of nitrogens with one attached hydrogen (secondary N) is 5. The predicted molar refractivity (Wildman–Crippen MR) is 204 cm³/mol. The second-order valence-corrected chi connectivity index (χ2v) is 14.6. The van der Waals surface area contributed by atoms with Gasteiger partial charge in [-0.1, -0.05) is 70.9 Å². The van der Waals surface area contributed by atoms with Crippen molar-refractivity contribution < 1.29 is 38.7 Å². The van der Waals surface area contributed by atoms with Crippen LogP contribution in [0.25, 0.3) is 0 Å². The lowest BCUT2D eigenvalue weighted by atomic mass is 9.96. The van der Waals surface area contributed by atoms with E-state index in [1.807, 2.05) is 26.8 Å². The summed E-state index contributed by atoms with van der Waals surface area (Å²) in [5.74, 6) is -5.72. The number of aliphatic carboxylic acids is 1. The molecule has 0 aromatic heterocycles. The first kappa shape index (κ1) is 46.8. The highest BCUT2D eigenvalue weighted by molar-refractivity contribution is 7.98. The smallest absolute Gasteiger partial charge is 0.326 e. The van der Waals surface area contributed by atoms with Gasteiger partial charge < -0.3 is 48.9 Å². The Kier molecular flexibility index (Phi) is 22.0. The Labute approximate surface area is 316 Å². The first-order chi connectivity index (χ1) is 25.0. The van der Waals surface area contributed by atoms with Gasteiger partial charge in [0.25, 0.3) is 0 Å². The number of carboxylic acids is 1. The van der Waals surface area contributed by atoms with E-state index in [4.69, 9.17) is 17.2 Å². The Morgan fingerprint density at radius 1 is 0.755 bits per heavy atom. The SMILES string of the molecule is CC[C@H](C)[C@H](NC(=O)[C@H](Cc1ccccc1)NC(=O)[C@H](CC(C)C)NC(=O)[C@@H](N)CCCCN)C(=O)N[C@@H](CCSC)C(=O)N[C@@H](CC(N)=O)C(=O)O. The van der Waals surface area contributed by atoms with Crippen LogP contribution in [0.2, 0.25) is 0 Å². The summed E-state index contributed by atoms with van der Waals surface area (Å²) < 4.78 is 0. The van der Waals surface area contributed by atoms with Crippen LogP contribution < -0.4 is 43.8 Å². The summed E-state index contributed by atoms with van der Waals surface area (Å²) in [4.78, 5) is 90.8. The predicted octanol–water partition coefficient (Wildman–Crippen LogP) is -0.0853. The minimum absolute atomic E-state index is 0.00257. The zero-order valence-electron chi connectivity index (χ0n) is 31.5. The largest absolute Gasteiger partial charge is 0.480 e. The number of rotatable bonds is 26. The maximum atomic E-state index is 14.0. The Balaban J connectivity index is 3.35. The average Bonchev–Trinajstić information content (AvgIpc) is 3.10. The molecule has 17 heteroatoms. The van der Waals surface area contributed by atoms with E-state index in [9.17, 15) is 38.7 Å². The van der Waals surface area contributed by atoms with E-state index in [2.05, 4.69) is 26.6 Å². The molecule has 1 rings (SSSR count). The molecule has 7 atom stereocenters. The Bertz CT molecular complexity index is 1350. The van der Waals surface area contributed by atoms with E-state index in [0.29, 0.717) is 38.0 Å². The van der Waals surface area contributed by atoms with Crippen LogP contribution in [-0.2, 0) is 40.0 Å². The number of hydrogen-bond acceptors (Lipinski definition) is 10. The molecule has 0 bridgehead atoms. The fraction of sp³-hybridized carbons (Fsp3) is 0.639. The minimum Gasteiger partial charge on any atom is -0.480 e. The van der Waals surface area contributed by atoms with Crippen molar-refractivity contribution >= 4 is 53.2 Å². The van der Waals surface area contributed by atoms with Gasteiger partial charge in [-0.25, -0.2) is 4.79 Å². The highest BCUT2D eigenvalue weighted by Crippen LogP contribution is 2.13. The van der Waals surface area contributed by atoms with Crippen molar-refractivity contribution in [2.45, 2.75) is 115 Å². The molecule has 0 fully saturated rings. The molecule has 6 amide bonds. The van der Waals surface area contributed by atoms with Crippen LogP contribution in [0.5, 0.6) is 0 Å². The summed E-state index contributed by atoms with van der Waals surface area (Å²) in [5.41, 5.74) is 17.5. The highest BCUT2D eigenvalue weighted by atomic mass is 32.2. The van der Waals surface area contributed by atoms with Crippen molar-refractivity contribution in [2.24, 2.45) is 29.0 Å². The average molecular weight is 765 g/mol. The molecule has 0 aliphatic rings. The van der Waals surface area contributed by atoms with Crippen molar-refractivity contribution in [1.82, 2.24) is 26.6 Å². The first-order valence-corrected chi connectivity index (χ1v) is 19.4. The van der Waals surface area contributed by atoms with E-state index in [1.165, 1.54) is 11.8 Å². The molecular weight excluding hydrogens is 705 g/mol. The van der Waals surface area contributed by atoms with Gasteiger partial charge in [-0.15, -0.1) is 0 Å². The van der Waals surface area contributed by atoms with Crippen LogP contribution in [0.15, 0.2) is 30.3 Å². The van der Waals surface area contributed by atoms with E-state index in [-0.39, 0.29) is 25.2 Å². The second kappa shape index (κ2) is 24.9. The molecular formula is C36H60N8O8S. The first-order valence-electron chi connectivity index (χ1n) is 18.1. The van der Waals surface area contributed by atoms with Gasteiger partial charge in [-0.05, 0) is 61.6 Å². The Morgan fingerprint density at radius 3 is 1.87 bits per heavy atom. The zero-order chi connectivity index (χ0) is 40.1. The van der Waals surface area contributed by atoms with E-state index in [1.54, 1.807) is 37.4 Å². The highest BCUT2D eigenvalue weighted by Gasteiger charge is 2.35. The van der Waals surface area contributed by atoms with Gasteiger partial charge in [0, 0.05) is 6.42 Å². The summed E-state index contributed by atoms with van der Waals surface area (Å²) >= 11 is 1.40. The van der Waals surface area contributed by atoms with Crippen molar-refractivity contribution in [1.29, 1.82) is 0 Å². The number of amides is 6. The van der Waals surface area contributed by atoms with E-state index < -0.39 is 90.0 Å². The number of carbonyl (C=O) groups is 7. The maximum Gasteiger partial charge on any atom is 0.326 e. The summed E-state index contributed by atoms with van der Waals surface area (Å²) in [6.07, 6.45) is 3.79. The molecule has 0 aliphatic carbocycles. The van der Waals surface area contributed by atoms with Crippen LogP contribution in [-0.4, -0.2) is 101 Å². The van der Waals surface area contributed by atoms with E-state index >= 15 is 0 Å². The molecule has 12 N–H and O–H groups in total. The Morgan fingerprint density at radius 2 is 1.32 bits per heavy atom. The molecule has 53 heavy (non-hydrogen) atoms. The molecule has 298 valence electrons. The Hall–Kier alpha value is -4.22.